The SMILES string of the molecule is COc1cc(/C=N/NC(=O)C23CC4CC(C)(CC(C)(C4)C2)C3)cc(Cl)c1O. The minimum Gasteiger partial charge on any atom is -0.503 e. The number of rotatable bonds is 4. The van der Waals surface area contributed by atoms with Crippen LogP contribution in [0.5, 0.6) is 11.5 Å². The highest BCUT2D eigenvalue weighted by Crippen LogP contribution is 2.69. The molecule has 146 valence electrons. The Morgan fingerprint density at radius 3 is 2.52 bits per heavy atom. The van der Waals surface area contributed by atoms with Gasteiger partial charge in [0.05, 0.1) is 23.8 Å². The molecule has 2 atom stereocenters. The lowest BCUT2D eigenvalue weighted by molar-refractivity contribution is -0.170. The second-order valence-electron chi connectivity index (χ2n) is 9.66. The maximum atomic E-state index is 13.1. The van der Waals surface area contributed by atoms with Gasteiger partial charge >= 0.3 is 0 Å². The van der Waals surface area contributed by atoms with Crippen LogP contribution >= 0.6 is 11.6 Å². The maximum Gasteiger partial charge on any atom is 0.246 e. The van der Waals surface area contributed by atoms with E-state index < -0.39 is 0 Å². The van der Waals surface area contributed by atoms with Crippen molar-refractivity contribution in [1.82, 2.24) is 5.43 Å². The first-order valence-electron chi connectivity index (χ1n) is 9.56. The van der Waals surface area contributed by atoms with Gasteiger partial charge in [0.1, 0.15) is 0 Å². The normalized spacial score (nSPS) is 37.0. The van der Waals surface area contributed by atoms with Gasteiger partial charge in [0.15, 0.2) is 11.5 Å². The summed E-state index contributed by atoms with van der Waals surface area (Å²) < 4.78 is 5.10. The zero-order valence-corrected chi connectivity index (χ0v) is 16.9. The van der Waals surface area contributed by atoms with Gasteiger partial charge in [-0.15, -0.1) is 0 Å². The highest BCUT2D eigenvalue weighted by molar-refractivity contribution is 6.32. The van der Waals surface area contributed by atoms with Gasteiger partial charge in [-0.3, -0.25) is 4.79 Å². The Labute approximate surface area is 165 Å². The van der Waals surface area contributed by atoms with Crippen LogP contribution in [0.15, 0.2) is 17.2 Å². The second kappa shape index (κ2) is 6.13. The molecule has 0 aromatic heterocycles. The molecule has 0 heterocycles. The van der Waals surface area contributed by atoms with Gasteiger partial charge < -0.3 is 9.84 Å². The van der Waals surface area contributed by atoms with Crippen molar-refractivity contribution in [2.75, 3.05) is 7.11 Å². The third-order valence-corrected chi connectivity index (χ3v) is 7.05. The number of nitrogens with one attached hydrogen (secondary N) is 1. The van der Waals surface area contributed by atoms with Crippen LogP contribution in [0.2, 0.25) is 5.02 Å². The Hall–Kier alpha value is -1.75. The molecule has 1 amide bonds. The number of aromatic hydroxyl groups is 1. The van der Waals surface area contributed by atoms with E-state index in [-0.39, 0.29) is 38.7 Å². The molecule has 4 fully saturated rings. The Bertz CT molecular complexity index is 804. The maximum absolute atomic E-state index is 13.1. The highest BCUT2D eigenvalue weighted by atomic mass is 35.5. The summed E-state index contributed by atoms with van der Waals surface area (Å²) in [6.07, 6.45) is 8.20. The Kier molecular flexibility index (Phi) is 4.22. The molecular formula is C21H27ClN2O3. The van der Waals surface area contributed by atoms with Crippen LogP contribution in [0.25, 0.3) is 0 Å². The van der Waals surface area contributed by atoms with Crippen molar-refractivity contribution >= 4 is 23.7 Å². The van der Waals surface area contributed by atoms with Crippen molar-refractivity contribution < 1.29 is 14.6 Å². The molecule has 0 aliphatic heterocycles. The van der Waals surface area contributed by atoms with Crippen molar-refractivity contribution in [3.8, 4) is 11.5 Å². The lowest BCUT2D eigenvalue weighted by Gasteiger charge is -2.64. The molecule has 5 rings (SSSR count). The van der Waals surface area contributed by atoms with Crippen LogP contribution in [0.1, 0.15) is 57.9 Å². The fraction of sp³-hybridized carbons (Fsp3) is 0.619. The fourth-order valence-electron chi connectivity index (χ4n) is 6.81. The molecule has 4 aliphatic rings. The first-order chi connectivity index (χ1) is 12.7. The van der Waals surface area contributed by atoms with Gasteiger partial charge in [-0.2, -0.15) is 5.10 Å². The number of ether oxygens (including phenoxy) is 1. The molecule has 1 aromatic rings. The van der Waals surface area contributed by atoms with Crippen LogP contribution < -0.4 is 10.2 Å². The van der Waals surface area contributed by atoms with Gasteiger partial charge in [0.2, 0.25) is 5.91 Å². The minimum absolute atomic E-state index is 0.0390. The van der Waals surface area contributed by atoms with Gasteiger partial charge in [-0.25, -0.2) is 5.43 Å². The monoisotopic (exact) mass is 390 g/mol. The summed E-state index contributed by atoms with van der Waals surface area (Å²) in [5.41, 5.74) is 3.71. The number of amides is 1. The van der Waals surface area contributed by atoms with E-state index >= 15 is 0 Å². The Balaban J connectivity index is 1.50. The zero-order valence-electron chi connectivity index (χ0n) is 16.1. The largest absolute Gasteiger partial charge is 0.503 e. The van der Waals surface area contributed by atoms with E-state index in [1.165, 1.54) is 32.6 Å². The lowest BCUT2D eigenvalue weighted by Crippen LogP contribution is -2.59. The molecule has 5 nitrogen and oxygen atoms in total. The van der Waals surface area contributed by atoms with Crippen molar-refractivity contribution in [3.05, 3.63) is 22.7 Å². The number of carbonyl (C=O) groups is 1. The van der Waals surface area contributed by atoms with E-state index in [1.54, 1.807) is 12.1 Å². The summed E-state index contributed by atoms with van der Waals surface area (Å²) in [5, 5.41) is 14.2. The number of hydrogen-bond donors (Lipinski definition) is 2. The van der Waals surface area contributed by atoms with Crippen molar-refractivity contribution in [1.29, 1.82) is 0 Å². The Morgan fingerprint density at radius 1 is 1.26 bits per heavy atom. The predicted octanol–water partition coefficient (Wildman–Crippen LogP) is 4.50. The predicted molar refractivity (Wildman–Crippen MR) is 105 cm³/mol. The number of carbonyl (C=O) groups excluding carboxylic acids is 1. The van der Waals surface area contributed by atoms with Crippen LogP contribution in [0.3, 0.4) is 0 Å². The van der Waals surface area contributed by atoms with E-state index in [1.807, 2.05) is 0 Å². The summed E-state index contributed by atoms with van der Waals surface area (Å²) in [4.78, 5) is 13.1. The number of phenolic OH excluding ortho intramolecular Hbond substituents is 1. The molecule has 6 heteroatoms. The van der Waals surface area contributed by atoms with Crippen LogP contribution in [-0.2, 0) is 4.79 Å². The molecule has 0 spiro atoms. The number of methoxy groups -OCH3 is 1. The highest BCUT2D eigenvalue weighted by Gasteiger charge is 2.62. The average Bonchev–Trinajstić information content (AvgIpc) is 2.54. The van der Waals surface area contributed by atoms with Crippen molar-refractivity contribution in [3.63, 3.8) is 0 Å². The van der Waals surface area contributed by atoms with E-state index in [9.17, 15) is 9.90 Å². The van der Waals surface area contributed by atoms with Crippen LogP contribution in [-0.4, -0.2) is 24.3 Å². The van der Waals surface area contributed by atoms with E-state index in [4.69, 9.17) is 16.3 Å². The molecule has 4 saturated carbocycles. The number of hydrazone groups is 1. The number of phenols is 1. The quantitative estimate of drug-likeness (QED) is 0.587. The molecule has 2 N–H and O–H groups in total. The van der Waals surface area contributed by atoms with Gasteiger partial charge in [0, 0.05) is 0 Å². The number of hydrogen-bond acceptors (Lipinski definition) is 4. The molecule has 4 bridgehead atoms. The molecule has 2 unspecified atom stereocenters. The van der Waals surface area contributed by atoms with Gasteiger partial charge in [-0.1, -0.05) is 25.4 Å². The van der Waals surface area contributed by atoms with Crippen LogP contribution in [0, 0.1) is 22.2 Å². The second-order valence-corrected chi connectivity index (χ2v) is 10.1. The lowest BCUT2D eigenvalue weighted by atomic mass is 9.40. The van der Waals surface area contributed by atoms with Crippen LogP contribution in [0.4, 0.5) is 0 Å². The molecular weight excluding hydrogens is 364 g/mol. The number of nitrogens with zero attached hydrogens (tertiary/aromatic N) is 1. The standard InChI is InChI=1S/C21H27ClN2O3/c1-19-6-14-7-20(2,10-19)12-21(8-14,11-19)18(26)24-23-9-13-4-15(22)17(25)16(5-13)27-3/h4-5,9,14,25H,6-8,10-12H2,1-3H3,(H,24,26)/b23-9+. The summed E-state index contributed by atoms with van der Waals surface area (Å²) in [5.74, 6) is 0.871. The van der Waals surface area contributed by atoms with Crippen molar-refractivity contribution in [2.24, 2.45) is 27.3 Å². The molecule has 0 radical (unpaired) electrons. The van der Waals surface area contributed by atoms with E-state index in [0.29, 0.717) is 11.5 Å². The van der Waals surface area contributed by atoms with E-state index in [2.05, 4.69) is 24.4 Å². The first-order valence-corrected chi connectivity index (χ1v) is 9.94. The van der Waals surface area contributed by atoms with Crippen molar-refractivity contribution in [2.45, 2.75) is 52.4 Å². The first kappa shape index (κ1) is 18.6. The summed E-state index contributed by atoms with van der Waals surface area (Å²) >= 11 is 6.00. The fourth-order valence-corrected chi connectivity index (χ4v) is 7.03. The van der Waals surface area contributed by atoms with E-state index in [0.717, 1.165) is 19.3 Å². The summed E-state index contributed by atoms with van der Waals surface area (Å²) in [6.45, 7) is 4.71. The minimum atomic E-state index is -0.287. The van der Waals surface area contributed by atoms with Gasteiger partial charge in [0.25, 0.3) is 0 Å². The molecule has 27 heavy (non-hydrogen) atoms. The molecule has 4 aliphatic carbocycles. The smallest absolute Gasteiger partial charge is 0.246 e. The zero-order chi connectivity index (χ0) is 19.4. The summed E-state index contributed by atoms with van der Waals surface area (Å²) in [7, 11) is 1.46. The molecule has 1 aromatic carbocycles. The summed E-state index contributed by atoms with van der Waals surface area (Å²) in [6, 6.07) is 3.21. The Morgan fingerprint density at radius 2 is 1.93 bits per heavy atom. The third-order valence-electron chi connectivity index (χ3n) is 6.76. The van der Waals surface area contributed by atoms with Gasteiger partial charge in [-0.05, 0) is 73.0 Å². The average molecular weight is 391 g/mol. The topological polar surface area (TPSA) is 70.9 Å². The molecule has 0 saturated heterocycles. The number of halogens is 1. The third kappa shape index (κ3) is 3.20. The number of benzene rings is 1.